The molecule has 0 aliphatic carbocycles. The molecule has 0 saturated carbocycles. The Kier molecular flexibility index (Phi) is 5.21. The van der Waals surface area contributed by atoms with E-state index in [0.717, 1.165) is 17.8 Å². The summed E-state index contributed by atoms with van der Waals surface area (Å²) in [7, 11) is 0. The molecule has 0 radical (unpaired) electrons. The second-order valence-corrected chi connectivity index (χ2v) is 5.83. The number of benzene rings is 2. The Labute approximate surface area is 132 Å². The predicted octanol–water partition coefficient (Wildman–Crippen LogP) is 4.03. The van der Waals surface area contributed by atoms with E-state index in [1.807, 2.05) is 24.3 Å². The van der Waals surface area contributed by atoms with Gasteiger partial charge in [0.1, 0.15) is 0 Å². The summed E-state index contributed by atoms with van der Waals surface area (Å²) in [5.74, 6) is -1.17. The van der Waals surface area contributed by atoms with Gasteiger partial charge in [-0.25, -0.2) is 0 Å². The van der Waals surface area contributed by atoms with Gasteiger partial charge in [-0.15, -0.1) is 0 Å². The molecule has 3 nitrogen and oxygen atoms in total. The number of anilines is 1. The van der Waals surface area contributed by atoms with Gasteiger partial charge in [0.25, 0.3) is 0 Å². The molecule has 0 bridgehead atoms. The largest absolute Gasteiger partial charge is 0.481 e. The molecular formula is C19H23NO2. The first-order chi connectivity index (χ1) is 10.5. The van der Waals surface area contributed by atoms with E-state index in [0.29, 0.717) is 6.54 Å². The molecule has 22 heavy (non-hydrogen) atoms. The minimum atomic E-state index is -0.761. The third-order valence-corrected chi connectivity index (χ3v) is 3.99. The first-order valence-electron chi connectivity index (χ1n) is 7.57. The summed E-state index contributed by atoms with van der Waals surface area (Å²) < 4.78 is 0. The van der Waals surface area contributed by atoms with Gasteiger partial charge in [0.2, 0.25) is 0 Å². The maximum Gasteiger partial charge on any atom is 0.308 e. The van der Waals surface area contributed by atoms with Crippen molar-refractivity contribution in [2.75, 3.05) is 11.4 Å². The molecule has 2 rings (SSSR count). The average Bonchev–Trinajstić information content (AvgIpc) is 2.49. The van der Waals surface area contributed by atoms with Gasteiger partial charge in [-0.2, -0.15) is 0 Å². The molecule has 0 aliphatic heterocycles. The lowest BCUT2D eigenvalue weighted by atomic mass is 10.1. The molecule has 1 unspecified atom stereocenters. The number of carboxylic acid groups (broad SMARTS) is 1. The summed E-state index contributed by atoms with van der Waals surface area (Å²) in [6.45, 7) is 7.12. The van der Waals surface area contributed by atoms with Crippen LogP contribution < -0.4 is 4.90 Å². The van der Waals surface area contributed by atoms with Gasteiger partial charge in [0.05, 0.1) is 5.92 Å². The fraction of sp³-hybridized carbons (Fsp3) is 0.316. The number of carboxylic acids is 1. The Morgan fingerprint density at radius 2 is 1.64 bits per heavy atom. The van der Waals surface area contributed by atoms with E-state index < -0.39 is 11.9 Å². The molecule has 3 heteroatoms. The van der Waals surface area contributed by atoms with Crippen LogP contribution in [-0.2, 0) is 11.3 Å². The standard InChI is InChI=1S/C19H23NO2/c1-14-8-4-6-10-17(14)13-20(12-16(3)19(21)22)18-11-7-5-9-15(18)2/h4-11,16H,12-13H2,1-3H3,(H,21,22). The summed E-state index contributed by atoms with van der Waals surface area (Å²) in [5.41, 5.74) is 4.71. The Bertz CT molecular complexity index is 651. The highest BCUT2D eigenvalue weighted by atomic mass is 16.4. The Hall–Kier alpha value is -2.29. The minimum Gasteiger partial charge on any atom is -0.481 e. The first kappa shape index (κ1) is 16.1. The van der Waals surface area contributed by atoms with Crippen molar-refractivity contribution in [2.45, 2.75) is 27.3 Å². The van der Waals surface area contributed by atoms with E-state index in [-0.39, 0.29) is 0 Å². The van der Waals surface area contributed by atoms with E-state index in [4.69, 9.17) is 0 Å². The minimum absolute atomic E-state index is 0.413. The zero-order chi connectivity index (χ0) is 16.1. The van der Waals surface area contributed by atoms with Crippen LogP contribution in [0.1, 0.15) is 23.6 Å². The summed E-state index contributed by atoms with van der Waals surface area (Å²) in [6, 6.07) is 16.4. The van der Waals surface area contributed by atoms with Gasteiger partial charge < -0.3 is 10.0 Å². The van der Waals surface area contributed by atoms with E-state index in [9.17, 15) is 9.90 Å². The van der Waals surface area contributed by atoms with Crippen LogP contribution in [0.4, 0.5) is 5.69 Å². The van der Waals surface area contributed by atoms with E-state index >= 15 is 0 Å². The van der Waals surface area contributed by atoms with Crippen LogP contribution in [0.2, 0.25) is 0 Å². The van der Waals surface area contributed by atoms with Crippen LogP contribution >= 0.6 is 0 Å². The van der Waals surface area contributed by atoms with E-state index in [1.54, 1.807) is 6.92 Å². The molecule has 0 saturated heterocycles. The fourth-order valence-electron chi connectivity index (χ4n) is 2.57. The van der Waals surface area contributed by atoms with E-state index in [1.165, 1.54) is 11.1 Å². The molecule has 1 atom stereocenters. The highest BCUT2D eigenvalue weighted by Crippen LogP contribution is 2.24. The maximum atomic E-state index is 11.2. The molecule has 0 aliphatic rings. The number of hydrogen-bond acceptors (Lipinski definition) is 2. The first-order valence-corrected chi connectivity index (χ1v) is 7.57. The Morgan fingerprint density at radius 1 is 1.05 bits per heavy atom. The number of hydrogen-bond donors (Lipinski definition) is 1. The smallest absolute Gasteiger partial charge is 0.308 e. The highest BCUT2D eigenvalue weighted by Gasteiger charge is 2.18. The van der Waals surface area contributed by atoms with Crippen molar-refractivity contribution in [3.05, 3.63) is 65.2 Å². The quantitative estimate of drug-likeness (QED) is 0.875. The third-order valence-electron chi connectivity index (χ3n) is 3.99. The van der Waals surface area contributed by atoms with Crippen LogP contribution in [0.3, 0.4) is 0 Å². The van der Waals surface area contributed by atoms with Crippen LogP contribution in [-0.4, -0.2) is 17.6 Å². The summed E-state index contributed by atoms with van der Waals surface area (Å²) in [6.07, 6.45) is 0. The van der Waals surface area contributed by atoms with Gasteiger partial charge in [-0.05, 0) is 36.6 Å². The van der Waals surface area contributed by atoms with Gasteiger partial charge in [0, 0.05) is 18.8 Å². The summed E-state index contributed by atoms with van der Waals surface area (Å²) in [5, 5.41) is 9.24. The molecule has 0 fully saturated rings. The molecule has 2 aromatic rings. The van der Waals surface area contributed by atoms with E-state index in [2.05, 4.69) is 43.0 Å². The van der Waals surface area contributed by atoms with Gasteiger partial charge in [-0.1, -0.05) is 49.4 Å². The van der Waals surface area contributed by atoms with Crippen molar-refractivity contribution in [3.63, 3.8) is 0 Å². The third kappa shape index (κ3) is 3.88. The van der Waals surface area contributed by atoms with Crippen molar-refractivity contribution in [1.29, 1.82) is 0 Å². The molecule has 2 aromatic carbocycles. The van der Waals surface area contributed by atoms with Crippen molar-refractivity contribution in [2.24, 2.45) is 5.92 Å². The second kappa shape index (κ2) is 7.12. The predicted molar refractivity (Wildman–Crippen MR) is 90.2 cm³/mol. The van der Waals surface area contributed by atoms with Crippen molar-refractivity contribution < 1.29 is 9.90 Å². The van der Waals surface area contributed by atoms with Crippen LogP contribution in [0.5, 0.6) is 0 Å². The Balaban J connectivity index is 2.31. The number of rotatable bonds is 6. The van der Waals surface area contributed by atoms with Crippen LogP contribution in [0.25, 0.3) is 0 Å². The molecule has 0 aromatic heterocycles. The number of aryl methyl sites for hydroxylation is 2. The van der Waals surface area contributed by atoms with Crippen molar-refractivity contribution in [1.82, 2.24) is 0 Å². The van der Waals surface area contributed by atoms with Crippen molar-refractivity contribution >= 4 is 11.7 Å². The molecular weight excluding hydrogens is 274 g/mol. The summed E-state index contributed by atoms with van der Waals surface area (Å²) in [4.78, 5) is 13.4. The molecule has 116 valence electrons. The summed E-state index contributed by atoms with van der Waals surface area (Å²) >= 11 is 0. The molecule has 0 amide bonds. The Morgan fingerprint density at radius 3 is 2.23 bits per heavy atom. The highest BCUT2D eigenvalue weighted by molar-refractivity contribution is 5.70. The molecule has 0 spiro atoms. The number of aliphatic carboxylic acids is 1. The zero-order valence-corrected chi connectivity index (χ0v) is 13.4. The SMILES string of the molecule is Cc1ccccc1CN(CC(C)C(=O)O)c1ccccc1C. The fourth-order valence-corrected chi connectivity index (χ4v) is 2.57. The lowest BCUT2D eigenvalue weighted by molar-refractivity contribution is -0.140. The molecule has 1 N–H and O–H groups in total. The maximum absolute atomic E-state index is 11.2. The number of para-hydroxylation sites is 1. The average molecular weight is 297 g/mol. The number of carbonyl (C=O) groups is 1. The lowest BCUT2D eigenvalue weighted by Crippen LogP contribution is -2.32. The van der Waals surface area contributed by atoms with Crippen LogP contribution in [0.15, 0.2) is 48.5 Å². The van der Waals surface area contributed by atoms with Crippen molar-refractivity contribution in [3.8, 4) is 0 Å². The van der Waals surface area contributed by atoms with Gasteiger partial charge >= 0.3 is 5.97 Å². The zero-order valence-electron chi connectivity index (χ0n) is 13.4. The number of nitrogens with zero attached hydrogens (tertiary/aromatic N) is 1. The lowest BCUT2D eigenvalue weighted by Gasteiger charge is -2.29. The van der Waals surface area contributed by atoms with Gasteiger partial charge in [-0.3, -0.25) is 4.79 Å². The molecule has 0 heterocycles. The second-order valence-electron chi connectivity index (χ2n) is 5.83. The van der Waals surface area contributed by atoms with Crippen LogP contribution in [0, 0.1) is 19.8 Å². The van der Waals surface area contributed by atoms with Gasteiger partial charge in [0.15, 0.2) is 0 Å². The topological polar surface area (TPSA) is 40.5 Å². The monoisotopic (exact) mass is 297 g/mol. The normalized spacial score (nSPS) is 12.0.